The first-order valence-electron chi connectivity index (χ1n) is 5.65. The number of anilines is 1. The third-order valence-corrected chi connectivity index (χ3v) is 2.73. The molecule has 1 saturated heterocycles. The van der Waals surface area contributed by atoms with Gasteiger partial charge in [0, 0.05) is 5.69 Å². The van der Waals surface area contributed by atoms with E-state index in [4.69, 9.17) is 0 Å². The molecular formula is C12H19N3OS. The van der Waals surface area contributed by atoms with Crippen molar-refractivity contribution in [2.45, 2.75) is 32.7 Å². The van der Waals surface area contributed by atoms with E-state index in [2.05, 4.69) is 15.6 Å². The lowest BCUT2D eigenvalue weighted by Gasteiger charge is -2.11. The second-order valence-electron chi connectivity index (χ2n) is 4.31. The Bertz CT molecular complexity index is 382. The Morgan fingerprint density at radius 1 is 1.47 bits per heavy atom. The maximum Gasteiger partial charge on any atom is 0.242 e. The molecule has 4 nitrogen and oxygen atoms in total. The van der Waals surface area contributed by atoms with Gasteiger partial charge in [0.2, 0.25) is 5.91 Å². The van der Waals surface area contributed by atoms with E-state index in [1.165, 1.54) is 0 Å². The number of aromatic nitrogens is 1. The SMILES string of the molecule is Cc1cc(C)nc(NC(=O)[C@@H]2CCCN2)c1.S. The molecule has 2 N–H and O–H groups in total. The predicted octanol–water partition coefficient (Wildman–Crippen LogP) is 1.50. The Morgan fingerprint density at radius 2 is 2.24 bits per heavy atom. The van der Waals surface area contributed by atoms with Crippen LogP contribution in [0, 0.1) is 13.8 Å². The van der Waals surface area contributed by atoms with Gasteiger partial charge in [-0.25, -0.2) is 4.98 Å². The summed E-state index contributed by atoms with van der Waals surface area (Å²) in [5.41, 5.74) is 2.04. The summed E-state index contributed by atoms with van der Waals surface area (Å²) in [5.74, 6) is 0.672. The minimum Gasteiger partial charge on any atom is -0.309 e. The summed E-state index contributed by atoms with van der Waals surface area (Å²) in [4.78, 5) is 16.1. The van der Waals surface area contributed by atoms with Crippen LogP contribution in [-0.2, 0) is 4.79 Å². The number of nitrogens with zero attached hydrogens (tertiary/aromatic N) is 1. The number of aryl methyl sites for hydroxylation is 2. The van der Waals surface area contributed by atoms with Crippen molar-refractivity contribution < 1.29 is 4.79 Å². The normalized spacial score (nSPS) is 18.6. The third-order valence-electron chi connectivity index (χ3n) is 2.73. The standard InChI is InChI=1S/C12H17N3O.H2S/c1-8-6-9(2)14-11(7-8)15-12(16)10-4-3-5-13-10;/h6-7,10,13H,3-5H2,1-2H3,(H,14,15,16);1H2/t10-;/m0./s1. The van der Waals surface area contributed by atoms with Crippen molar-refractivity contribution in [3.63, 3.8) is 0 Å². The molecule has 2 heterocycles. The first-order valence-corrected chi connectivity index (χ1v) is 5.65. The largest absolute Gasteiger partial charge is 0.309 e. The Hall–Kier alpha value is -1.07. The van der Waals surface area contributed by atoms with E-state index in [0.717, 1.165) is 30.6 Å². The monoisotopic (exact) mass is 253 g/mol. The number of hydrogen-bond acceptors (Lipinski definition) is 3. The van der Waals surface area contributed by atoms with Gasteiger partial charge >= 0.3 is 0 Å². The molecule has 0 unspecified atom stereocenters. The number of pyridine rings is 1. The molecule has 0 saturated carbocycles. The van der Waals surface area contributed by atoms with Crippen LogP contribution in [0.1, 0.15) is 24.1 Å². The van der Waals surface area contributed by atoms with Gasteiger partial charge in [-0.15, -0.1) is 0 Å². The lowest BCUT2D eigenvalue weighted by atomic mass is 10.2. The number of rotatable bonds is 2. The van der Waals surface area contributed by atoms with Crippen LogP contribution in [0.4, 0.5) is 5.82 Å². The molecule has 0 spiro atoms. The molecular weight excluding hydrogens is 234 g/mol. The second kappa shape index (κ2) is 6.02. The molecule has 0 aliphatic carbocycles. The molecule has 0 bridgehead atoms. The smallest absolute Gasteiger partial charge is 0.242 e. The summed E-state index contributed by atoms with van der Waals surface area (Å²) >= 11 is 0. The minimum atomic E-state index is -0.0531. The topological polar surface area (TPSA) is 54.0 Å². The summed E-state index contributed by atoms with van der Waals surface area (Å²) in [6.07, 6.45) is 1.98. The Balaban J connectivity index is 0.00000144. The highest BCUT2D eigenvalue weighted by molar-refractivity contribution is 7.59. The van der Waals surface area contributed by atoms with Gasteiger partial charge in [-0.2, -0.15) is 13.5 Å². The number of hydrogen-bond donors (Lipinski definition) is 2. The summed E-state index contributed by atoms with van der Waals surface area (Å²) in [5, 5.41) is 6.02. The van der Waals surface area contributed by atoms with Gasteiger partial charge in [0.25, 0.3) is 0 Å². The van der Waals surface area contributed by atoms with Gasteiger partial charge in [-0.05, 0) is 50.9 Å². The summed E-state index contributed by atoms with van der Waals surface area (Å²) in [7, 11) is 0. The maximum absolute atomic E-state index is 11.8. The first-order chi connectivity index (χ1) is 7.65. The molecule has 1 atom stereocenters. The summed E-state index contributed by atoms with van der Waals surface area (Å²) in [6.45, 7) is 4.85. The summed E-state index contributed by atoms with van der Waals surface area (Å²) < 4.78 is 0. The van der Waals surface area contributed by atoms with Gasteiger partial charge in [0.05, 0.1) is 6.04 Å². The van der Waals surface area contributed by atoms with Gasteiger partial charge < -0.3 is 10.6 Å². The number of nitrogens with one attached hydrogen (secondary N) is 2. The van der Waals surface area contributed by atoms with Crippen molar-refractivity contribution in [2.75, 3.05) is 11.9 Å². The van der Waals surface area contributed by atoms with Crippen molar-refractivity contribution in [1.29, 1.82) is 0 Å². The van der Waals surface area contributed by atoms with Crippen LogP contribution in [0.25, 0.3) is 0 Å². The molecule has 1 aromatic rings. The molecule has 0 radical (unpaired) electrons. The number of carbonyl (C=O) groups is 1. The van der Waals surface area contributed by atoms with E-state index in [1.54, 1.807) is 0 Å². The molecule has 0 aromatic carbocycles. The summed E-state index contributed by atoms with van der Waals surface area (Å²) in [6, 6.07) is 3.83. The lowest BCUT2D eigenvalue weighted by molar-refractivity contribution is -0.117. The van der Waals surface area contributed by atoms with Gasteiger partial charge in [-0.3, -0.25) is 4.79 Å². The van der Waals surface area contributed by atoms with Crippen LogP contribution in [0.15, 0.2) is 12.1 Å². The van der Waals surface area contributed by atoms with E-state index >= 15 is 0 Å². The average molecular weight is 253 g/mol. The van der Waals surface area contributed by atoms with Crippen LogP contribution < -0.4 is 10.6 Å². The maximum atomic E-state index is 11.8. The average Bonchev–Trinajstić information content (AvgIpc) is 2.68. The zero-order valence-electron chi connectivity index (χ0n) is 10.2. The Morgan fingerprint density at radius 3 is 2.82 bits per heavy atom. The number of amides is 1. The predicted molar refractivity (Wildman–Crippen MR) is 73.7 cm³/mol. The highest BCUT2D eigenvalue weighted by atomic mass is 32.1. The Labute approximate surface area is 109 Å². The lowest BCUT2D eigenvalue weighted by Crippen LogP contribution is -2.35. The fourth-order valence-corrected chi connectivity index (χ4v) is 2.03. The molecule has 17 heavy (non-hydrogen) atoms. The third kappa shape index (κ3) is 3.71. The zero-order chi connectivity index (χ0) is 11.5. The van der Waals surface area contributed by atoms with Crippen LogP contribution in [0.2, 0.25) is 0 Å². The van der Waals surface area contributed by atoms with Crippen molar-refractivity contribution in [1.82, 2.24) is 10.3 Å². The highest BCUT2D eigenvalue weighted by Crippen LogP contribution is 2.11. The molecule has 94 valence electrons. The van der Waals surface area contributed by atoms with E-state index < -0.39 is 0 Å². The molecule has 1 fully saturated rings. The van der Waals surface area contributed by atoms with Crippen LogP contribution in [0.3, 0.4) is 0 Å². The van der Waals surface area contributed by atoms with Crippen LogP contribution in [-0.4, -0.2) is 23.5 Å². The minimum absolute atomic E-state index is 0. The van der Waals surface area contributed by atoms with E-state index in [0.29, 0.717) is 5.82 Å². The molecule has 1 aromatic heterocycles. The van der Waals surface area contributed by atoms with Crippen molar-refractivity contribution in [2.24, 2.45) is 0 Å². The van der Waals surface area contributed by atoms with Crippen molar-refractivity contribution in [3.05, 3.63) is 23.4 Å². The zero-order valence-corrected chi connectivity index (χ0v) is 11.2. The van der Waals surface area contributed by atoms with Crippen molar-refractivity contribution >= 4 is 25.2 Å². The fourth-order valence-electron chi connectivity index (χ4n) is 2.03. The van der Waals surface area contributed by atoms with Crippen molar-refractivity contribution in [3.8, 4) is 0 Å². The van der Waals surface area contributed by atoms with Gasteiger partial charge in [-0.1, -0.05) is 0 Å². The quantitative estimate of drug-likeness (QED) is 0.840. The highest BCUT2D eigenvalue weighted by Gasteiger charge is 2.22. The molecule has 1 amide bonds. The number of carbonyl (C=O) groups excluding carboxylic acids is 1. The molecule has 2 rings (SSSR count). The molecule has 1 aliphatic rings. The van der Waals surface area contributed by atoms with Crippen LogP contribution >= 0.6 is 13.5 Å². The molecule has 1 aliphatic heterocycles. The fraction of sp³-hybridized carbons (Fsp3) is 0.500. The van der Waals surface area contributed by atoms with E-state index in [1.807, 2.05) is 26.0 Å². The Kier molecular flexibility index (Phi) is 4.96. The molecule has 5 heteroatoms. The second-order valence-corrected chi connectivity index (χ2v) is 4.31. The van der Waals surface area contributed by atoms with Gasteiger partial charge in [0.15, 0.2) is 0 Å². The van der Waals surface area contributed by atoms with E-state index in [9.17, 15) is 4.79 Å². The first kappa shape index (κ1) is 14.0. The van der Waals surface area contributed by atoms with Crippen LogP contribution in [0.5, 0.6) is 0 Å². The van der Waals surface area contributed by atoms with Gasteiger partial charge in [0.1, 0.15) is 5.82 Å². The van der Waals surface area contributed by atoms with E-state index in [-0.39, 0.29) is 25.4 Å².